The molecule has 0 aromatic heterocycles. The van der Waals surface area contributed by atoms with Crippen molar-refractivity contribution in [3.63, 3.8) is 0 Å². The van der Waals surface area contributed by atoms with Gasteiger partial charge >= 0.3 is 6.09 Å². The van der Waals surface area contributed by atoms with Crippen LogP contribution in [0.3, 0.4) is 0 Å². The van der Waals surface area contributed by atoms with Crippen LogP contribution in [0.1, 0.15) is 30.4 Å². The molecule has 1 N–H and O–H groups in total. The molecule has 1 aliphatic carbocycles. The molecule has 90 valence electrons. The second-order valence-corrected chi connectivity index (χ2v) is 5.87. The monoisotopic (exact) mass is 295 g/mol. The molecule has 1 amide bonds. The summed E-state index contributed by atoms with van der Waals surface area (Å²) in [5.74, 6) is 0. The first-order valence-corrected chi connectivity index (χ1v) is 6.79. The van der Waals surface area contributed by atoms with E-state index in [1.165, 1.54) is 0 Å². The summed E-state index contributed by atoms with van der Waals surface area (Å²) >= 11 is 3.67. The van der Waals surface area contributed by atoms with E-state index >= 15 is 0 Å². The number of halogens is 1. The SMILES string of the molecule is Cc1cccc2c1NC(=O)O[C@@]21CCC[C@H]1Br. The van der Waals surface area contributed by atoms with Crippen LogP contribution in [-0.2, 0) is 10.3 Å². The van der Waals surface area contributed by atoms with Gasteiger partial charge in [-0.1, -0.05) is 34.1 Å². The lowest BCUT2D eigenvalue weighted by molar-refractivity contribution is 0.0223. The molecule has 1 heterocycles. The van der Waals surface area contributed by atoms with E-state index in [1.54, 1.807) is 0 Å². The maximum Gasteiger partial charge on any atom is 0.412 e. The standard InChI is InChI=1S/C13H14BrNO2/c1-8-4-2-5-9-11(8)15-12(16)17-13(9)7-3-6-10(13)14/h2,4-5,10H,3,6-7H2,1H3,(H,15,16)/t10-,13+/m1/s1. The normalized spacial score (nSPS) is 30.9. The van der Waals surface area contributed by atoms with Gasteiger partial charge < -0.3 is 4.74 Å². The first-order chi connectivity index (χ1) is 8.13. The van der Waals surface area contributed by atoms with Crippen molar-refractivity contribution >= 4 is 27.7 Å². The third kappa shape index (κ3) is 1.50. The van der Waals surface area contributed by atoms with E-state index in [0.717, 1.165) is 36.1 Å². The van der Waals surface area contributed by atoms with Gasteiger partial charge in [0.05, 0.1) is 10.5 Å². The summed E-state index contributed by atoms with van der Waals surface area (Å²) in [6.07, 6.45) is 2.68. The minimum absolute atomic E-state index is 0.210. The van der Waals surface area contributed by atoms with Crippen molar-refractivity contribution < 1.29 is 9.53 Å². The van der Waals surface area contributed by atoms with Crippen LogP contribution in [0.25, 0.3) is 0 Å². The highest BCUT2D eigenvalue weighted by molar-refractivity contribution is 9.09. The Bertz CT molecular complexity index is 488. The van der Waals surface area contributed by atoms with Crippen molar-refractivity contribution in [1.29, 1.82) is 0 Å². The van der Waals surface area contributed by atoms with Gasteiger partial charge in [0.2, 0.25) is 0 Å². The van der Waals surface area contributed by atoms with E-state index in [1.807, 2.05) is 19.1 Å². The average Bonchev–Trinajstić information content (AvgIpc) is 2.63. The van der Waals surface area contributed by atoms with Gasteiger partial charge in [-0.3, -0.25) is 5.32 Å². The molecule has 0 unspecified atom stereocenters. The summed E-state index contributed by atoms with van der Waals surface area (Å²) in [6, 6.07) is 6.09. The molecule has 1 fully saturated rings. The molecular formula is C13H14BrNO2. The van der Waals surface area contributed by atoms with E-state index in [2.05, 4.69) is 27.3 Å². The van der Waals surface area contributed by atoms with Crippen LogP contribution in [0.15, 0.2) is 18.2 Å². The summed E-state index contributed by atoms with van der Waals surface area (Å²) in [6.45, 7) is 2.01. The Kier molecular flexibility index (Phi) is 2.43. The van der Waals surface area contributed by atoms with Gasteiger partial charge in [0.15, 0.2) is 5.60 Å². The largest absolute Gasteiger partial charge is 0.437 e. The maximum atomic E-state index is 11.7. The summed E-state index contributed by atoms with van der Waals surface area (Å²) in [4.78, 5) is 11.9. The number of nitrogens with one attached hydrogen (secondary N) is 1. The predicted molar refractivity (Wildman–Crippen MR) is 69.5 cm³/mol. The Labute approximate surface area is 109 Å². The highest BCUT2D eigenvalue weighted by atomic mass is 79.9. The Morgan fingerprint density at radius 3 is 3.06 bits per heavy atom. The van der Waals surface area contributed by atoms with Gasteiger partial charge in [-0.05, 0) is 31.7 Å². The highest BCUT2D eigenvalue weighted by Crippen LogP contribution is 2.51. The Hall–Kier alpha value is -1.03. The topological polar surface area (TPSA) is 38.3 Å². The third-order valence-corrected chi connectivity index (χ3v) is 4.94. The number of rotatable bonds is 0. The molecule has 1 spiro atoms. The average molecular weight is 296 g/mol. The summed E-state index contributed by atoms with van der Waals surface area (Å²) in [5.41, 5.74) is 2.65. The van der Waals surface area contributed by atoms with Crippen LogP contribution in [0.4, 0.5) is 10.5 Å². The molecule has 0 saturated heterocycles. The van der Waals surface area contributed by atoms with E-state index < -0.39 is 5.60 Å². The van der Waals surface area contributed by atoms with Crippen LogP contribution in [0.5, 0.6) is 0 Å². The number of aryl methyl sites for hydroxylation is 1. The van der Waals surface area contributed by atoms with Crippen molar-refractivity contribution in [2.24, 2.45) is 0 Å². The molecule has 1 aromatic rings. The number of amides is 1. The minimum atomic E-state index is -0.469. The second kappa shape index (κ2) is 3.73. The van der Waals surface area contributed by atoms with E-state index in [9.17, 15) is 4.79 Å². The van der Waals surface area contributed by atoms with Crippen molar-refractivity contribution in [2.45, 2.75) is 36.6 Å². The van der Waals surface area contributed by atoms with Gasteiger partial charge in [0, 0.05) is 5.56 Å². The zero-order chi connectivity index (χ0) is 12.0. The molecule has 1 aromatic carbocycles. The fourth-order valence-corrected chi connectivity index (χ4v) is 3.78. The van der Waals surface area contributed by atoms with Crippen molar-refractivity contribution in [3.05, 3.63) is 29.3 Å². The Balaban J connectivity index is 2.21. The Morgan fingerprint density at radius 2 is 2.35 bits per heavy atom. The fraction of sp³-hybridized carbons (Fsp3) is 0.462. The van der Waals surface area contributed by atoms with Crippen molar-refractivity contribution in [3.8, 4) is 0 Å². The molecule has 0 radical (unpaired) electrons. The lowest BCUT2D eigenvalue weighted by Crippen LogP contribution is -2.42. The number of ether oxygens (including phenoxy) is 1. The van der Waals surface area contributed by atoms with Crippen LogP contribution in [-0.4, -0.2) is 10.9 Å². The van der Waals surface area contributed by atoms with Gasteiger partial charge in [0.1, 0.15) is 0 Å². The molecule has 1 saturated carbocycles. The Morgan fingerprint density at radius 1 is 1.53 bits per heavy atom. The fourth-order valence-electron chi connectivity index (χ4n) is 2.89. The summed E-state index contributed by atoms with van der Waals surface area (Å²) in [5, 5.41) is 2.82. The summed E-state index contributed by atoms with van der Waals surface area (Å²) < 4.78 is 5.63. The number of hydrogen-bond donors (Lipinski definition) is 1. The molecule has 0 bridgehead atoms. The lowest BCUT2D eigenvalue weighted by Gasteiger charge is -2.38. The number of para-hydroxylation sites is 1. The summed E-state index contributed by atoms with van der Waals surface area (Å²) in [7, 11) is 0. The van der Waals surface area contributed by atoms with Gasteiger partial charge in [-0.25, -0.2) is 4.79 Å². The molecule has 3 rings (SSSR count). The number of hydrogen-bond acceptors (Lipinski definition) is 2. The van der Waals surface area contributed by atoms with Crippen LogP contribution < -0.4 is 5.32 Å². The second-order valence-electron chi connectivity index (χ2n) is 4.76. The quantitative estimate of drug-likeness (QED) is 0.741. The lowest BCUT2D eigenvalue weighted by atomic mass is 9.88. The van der Waals surface area contributed by atoms with Crippen LogP contribution in [0, 0.1) is 6.92 Å². The van der Waals surface area contributed by atoms with Crippen LogP contribution >= 0.6 is 15.9 Å². The van der Waals surface area contributed by atoms with E-state index in [-0.39, 0.29) is 10.9 Å². The molecule has 1 aliphatic heterocycles. The maximum absolute atomic E-state index is 11.7. The molecule has 17 heavy (non-hydrogen) atoms. The first-order valence-electron chi connectivity index (χ1n) is 5.88. The van der Waals surface area contributed by atoms with Crippen LogP contribution in [0.2, 0.25) is 0 Å². The van der Waals surface area contributed by atoms with E-state index in [4.69, 9.17) is 4.74 Å². The van der Waals surface area contributed by atoms with Crippen molar-refractivity contribution in [1.82, 2.24) is 0 Å². The van der Waals surface area contributed by atoms with Gasteiger partial charge in [0.25, 0.3) is 0 Å². The predicted octanol–water partition coefficient (Wildman–Crippen LogP) is 3.70. The highest BCUT2D eigenvalue weighted by Gasteiger charge is 2.50. The molecule has 4 heteroatoms. The zero-order valence-corrected chi connectivity index (χ0v) is 11.2. The molecule has 2 atom stereocenters. The van der Waals surface area contributed by atoms with Gasteiger partial charge in [-0.2, -0.15) is 0 Å². The molecule has 2 aliphatic rings. The van der Waals surface area contributed by atoms with E-state index in [0.29, 0.717) is 0 Å². The first kappa shape index (κ1) is 11.1. The number of anilines is 1. The zero-order valence-electron chi connectivity index (χ0n) is 9.63. The van der Waals surface area contributed by atoms with Crippen molar-refractivity contribution in [2.75, 3.05) is 5.32 Å². The number of alkyl halides is 1. The number of fused-ring (bicyclic) bond motifs is 2. The smallest absolute Gasteiger partial charge is 0.412 e. The molecular weight excluding hydrogens is 282 g/mol. The minimum Gasteiger partial charge on any atom is -0.437 e. The number of carbonyl (C=O) groups is 1. The van der Waals surface area contributed by atoms with Gasteiger partial charge in [-0.15, -0.1) is 0 Å². The third-order valence-electron chi connectivity index (χ3n) is 3.74. The number of carbonyl (C=O) groups excluding carboxylic acids is 1. The number of benzene rings is 1. The molecule has 3 nitrogen and oxygen atoms in total.